The molecule has 0 saturated heterocycles. The molecule has 138 valence electrons. The van der Waals surface area contributed by atoms with Gasteiger partial charge in [-0.2, -0.15) is 4.37 Å². The molecule has 0 radical (unpaired) electrons. The van der Waals surface area contributed by atoms with Crippen LogP contribution in [-0.4, -0.2) is 42.6 Å². The summed E-state index contributed by atoms with van der Waals surface area (Å²) in [6, 6.07) is 5.10. The fraction of sp³-hybridized carbons (Fsp3) is 0.353. The van der Waals surface area contributed by atoms with E-state index in [1.165, 1.54) is 18.5 Å². The van der Waals surface area contributed by atoms with Crippen LogP contribution in [0.5, 0.6) is 11.5 Å². The Bertz CT molecular complexity index is 836. The van der Waals surface area contributed by atoms with Crippen LogP contribution in [0.1, 0.15) is 23.0 Å². The molecule has 26 heavy (non-hydrogen) atoms. The monoisotopic (exact) mass is 377 g/mol. The maximum absolute atomic E-state index is 12.4. The average molecular weight is 377 g/mol. The van der Waals surface area contributed by atoms with E-state index in [-0.39, 0.29) is 0 Å². The average Bonchev–Trinajstić information content (AvgIpc) is 3.02. The van der Waals surface area contributed by atoms with E-state index in [0.29, 0.717) is 46.7 Å². The van der Waals surface area contributed by atoms with Crippen LogP contribution in [0.15, 0.2) is 18.2 Å². The molecule has 0 spiro atoms. The van der Waals surface area contributed by atoms with Gasteiger partial charge in [0, 0.05) is 18.8 Å². The highest BCUT2D eigenvalue weighted by Gasteiger charge is 2.24. The third-order valence-electron chi connectivity index (χ3n) is 3.76. The Morgan fingerprint density at radius 2 is 2.00 bits per heavy atom. The summed E-state index contributed by atoms with van der Waals surface area (Å²) in [7, 11) is 1.70. The van der Waals surface area contributed by atoms with Crippen LogP contribution < -0.4 is 20.1 Å². The molecule has 3 rings (SSSR count). The summed E-state index contributed by atoms with van der Waals surface area (Å²) in [6.45, 7) is 4.19. The minimum Gasteiger partial charge on any atom is -0.486 e. The van der Waals surface area contributed by atoms with Crippen LogP contribution >= 0.6 is 11.5 Å². The Morgan fingerprint density at radius 1 is 1.27 bits per heavy atom. The molecule has 0 saturated carbocycles. The number of fused-ring (bicyclic) bond motifs is 1. The molecular weight excluding hydrogens is 358 g/mol. The Kier molecular flexibility index (Phi) is 5.27. The number of carbonyl (C=O) groups excluding carboxylic acids is 2. The van der Waals surface area contributed by atoms with Crippen molar-refractivity contribution in [1.29, 1.82) is 0 Å². The van der Waals surface area contributed by atoms with Crippen LogP contribution in [0.3, 0.4) is 0 Å². The van der Waals surface area contributed by atoms with E-state index in [1.54, 1.807) is 32.2 Å². The van der Waals surface area contributed by atoms with Gasteiger partial charge in [0.15, 0.2) is 17.6 Å². The van der Waals surface area contributed by atoms with Crippen molar-refractivity contribution in [2.75, 3.05) is 30.9 Å². The molecule has 1 atom stereocenters. The largest absolute Gasteiger partial charge is 0.486 e. The van der Waals surface area contributed by atoms with Crippen LogP contribution in [0.4, 0.5) is 10.7 Å². The number of amides is 1. The van der Waals surface area contributed by atoms with Crippen molar-refractivity contribution in [3.63, 3.8) is 0 Å². The number of aryl methyl sites for hydroxylation is 1. The van der Waals surface area contributed by atoms with Gasteiger partial charge in [0.05, 0.1) is 5.69 Å². The van der Waals surface area contributed by atoms with Gasteiger partial charge >= 0.3 is 5.97 Å². The van der Waals surface area contributed by atoms with Crippen molar-refractivity contribution in [1.82, 2.24) is 4.37 Å². The molecule has 2 N–H and O–H groups in total. The number of nitrogens with one attached hydrogen (secondary N) is 2. The Balaban J connectivity index is 1.64. The number of carbonyl (C=O) groups is 2. The van der Waals surface area contributed by atoms with Crippen molar-refractivity contribution >= 4 is 34.1 Å². The normalized spacial score (nSPS) is 13.7. The lowest BCUT2D eigenvalue weighted by molar-refractivity contribution is -0.123. The molecular formula is C17H19N3O5S. The Hall–Kier alpha value is -2.81. The van der Waals surface area contributed by atoms with E-state index in [0.717, 1.165) is 0 Å². The number of hydrogen-bond donors (Lipinski definition) is 2. The van der Waals surface area contributed by atoms with Crippen LogP contribution in [0.2, 0.25) is 0 Å². The summed E-state index contributed by atoms with van der Waals surface area (Å²) in [4.78, 5) is 24.7. The molecule has 0 aliphatic carbocycles. The zero-order valence-electron chi connectivity index (χ0n) is 14.6. The minimum atomic E-state index is -0.972. The van der Waals surface area contributed by atoms with Crippen molar-refractivity contribution in [3.8, 4) is 11.5 Å². The van der Waals surface area contributed by atoms with E-state index in [2.05, 4.69) is 15.0 Å². The molecule has 1 unspecified atom stereocenters. The zero-order valence-corrected chi connectivity index (χ0v) is 15.4. The highest BCUT2D eigenvalue weighted by atomic mass is 32.1. The van der Waals surface area contributed by atoms with E-state index in [4.69, 9.17) is 14.2 Å². The molecule has 8 nitrogen and oxygen atoms in total. The lowest BCUT2D eigenvalue weighted by Gasteiger charge is -2.19. The highest BCUT2D eigenvalue weighted by Crippen LogP contribution is 2.32. The molecule has 1 aromatic carbocycles. The predicted octanol–water partition coefficient (Wildman–Crippen LogP) is 2.45. The van der Waals surface area contributed by atoms with E-state index >= 15 is 0 Å². The number of anilines is 2. The first-order valence-corrected chi connectivity index (χ1v) is 8.82. The molecule has 1 amide bonds. The summed E-state index contributed by atoms with van der Waals surface area (Å²) >= 11 is 1.17. The molecule has 1 aliphatic rings. The summed E-state index contributed by atoms with van der Waals surface area (Å²) in [5, 5.41) is 6.21. The second-order valence-electron chi connectivity index (χ2n) is 5.62. The molecule has 2 aromatic rings. The lowest BCUT2D eigenvalue weighted by atomic mass is 10.2. The number of rotatable bonds is 5. The molecule has 0 bridgehead atoms. The van der Waals surface area contributed by atoms with Gasteiger partial charge in [0.2, 0.25) is 0 Å². The van der Waals surface area contributed by atoms with E-state index in [1.807, 2.05) is 0 Å². The molecule has 0 fully saturated rings. The van der Waals surface area contributed by atoms with E-state index in [9.17, 15) is 9.59 Å². The number of aromatic nitrogens is 1. The SMILES string of the molecule is CNc1snc(C)c1C(=O)OC(C)C(=O)Nc1ccc2c(c1)OCCO2. The maximum atomic E-state index is 12.4. The number of hydrogen-bond acceptors (Lipinski definition) is 8. The van der Waals surface area contributed by atoms with Gasteiger partial charge in [-0.25, -0.2) is 4.79 Å². The summed E-state index contributed by atoms with van der Waals surface area (Å²) < 4.78 is 20.3. The summed E-state index contributed by atoms with van der Waals surface area (Å²) in [5.41, 5.74) is 1.44. The third kappa shape index (κ3) is 3.72. The zero-order chi connectivity index (χ0) is 18.7. The number of ether oxygens (including phenoxy) is 3. The number of benzene rings is 1. The van der Waals surface area contributed by atoms with Gasteiger partial charge in [-0.05, 0) is 37.5 Å². The number of nitrogens with zero attached hydrogens (tertiary/aromatic N) is 1. The minimum absolute atomic E-state index is 0.344. The fourth-order valence-electron chi connectivity index (χ4n) is 2.42. The van der Waals surface area contributed by atoms with E-state index < -0.39 is 18.0 Å². The topological polar surface area (TPSA) is 98.8 Å². The maximum Gasteiger partial charge on any atom is 0.343 e. The first-order valence-electron chi connectivity index (χ1n) is 8.05. The van der Waals surface area contributed by atoms with Crippen molar-refractivity contribution in [2.45, 2.75) is 20.0 Å². The molecule has 1 aliphatic heterocycles. The second-order valence-corrected chi connectivity index (χ2v) is 6.39. The third-order valence-corrected chi connectivity index (χ3v) is 4.71. The highest BCUT2D eigenvalue weighted by molar-refractivity contribution is 7.10. The lowest BCUT2D eigenvalue weighted by Crippen LogP contribution is -2.30. The predicted molar refractivity (Wildman–Crippen MR) is 97.3 cm³/mol. The quantitative estimate of drug-likeness (QED) is 0.772. The second kappa shape index (κ2) is 7.61. The van der Waals surface area contributed by atoms with Gasteiger partial charge < -0.3 is 24.8 Å². The first kappa shape index (κ1) is 18.0. The first-order chi connectivity index (χ1) is 12.5. The number of esters is 1. The van der Waals surface area contributed by atoms with Gasteiger partial charge in [-0.3, -0.25) is 4.79 Å². The standard InChI is InChI=1S/C17H19N3O5S/c1-9-14(16(18-3)26-20-9)17(22)25-10(2)15(21)19-11-4-5-12-13(8-11)24-7-6-23-12/h4-5,8,10,18H,6-7H2,1-3H3,(H,19,21). The molecule has 2 heterocycles. The van der Waals surface area contributed by atoms with Crippen molar-refractivity contribution < 1.29 is 23.8 Å². The summed E-state index contributed by atoms with van der Waals surface area (Å²) in [5.74, 6) is 0.165. The van der Waals surface area contributed by atoms with Crippen molar-refractivity contribution in [3.05, 3.63) is 29.5 Å². The Morgan fingerprint density at radius 3 is 2.73 bits per heavy atom. The molecule has 1 aromatic heterocycles. The van der Waals surface area contributed by atoms with Crippen LogP contribution in [0.25, 0.3) is 0 Å². The van der Waals surface area contributed by atoms with Crippen LogP contribution in [0, 0.1) is 6.92 Å². The molecule has 9 heteroatoms. The Labute approximate surface area is 154 Å². The van der Waals surface area contributed by atoms with Gasteiger partial charge in [0.1, 0.15) is 23.8 Å². The van der Waals surface area contributed by atoms with Gasteiger partial charge in [-0.1, -0.05) is 0 Å². The van der Waals surface area contributed by atoms with Gasteiger partial charge in [-0.15, -0.1) is 0 Å². The van der Waals surface area contributed by atoms with Crippen molar-refractivity contribution in [2.24, 2.45) is 0 Å². The smallest absolute Gasteiger partial charge is 0.343 e. The van der Waals surface area contributed by atoms with Crippen LogP contribution in [-0.2, 0) is 9.53 Å². The fourth-order valence-corrected chi connectivity index (χ4v) is 3.15. The summed E-state index contributed by atoms with van der Waals surface area (Å²) in [6.07, 6.45) is -0.972. The van der Waals surface area contributed by atoms with Gasteiger partial charge in [0.25, 0.3) is 5.91 Å².